The highest BCUT2D eigenvalue weighted by atomic mass is 16.5. The SMILES string of the molecule is CCCCC(O)CNC1CC2C=CC1O2. The van der Waals surface area contributed by atoms with Gasteiger partial charge in [0, 0.05) is 12.6 Å². The molecule has 1 fully saturated rings. The van der Waals surface area contributed by atoms with Crippen LogP contribution in [0.3, 0.4) is 0 Å². The average Bonchev–Trinajstić information content (AvgIpc) is 2.84. The van der Waals surface area contributed by atoms with Gasteiger partial charge in [0.25, 0.3) is 0 Å². The molecule has 1 saturated heterocycles. The summed E-state index contributed by atoms with van der Waals surface area (Å²) >= 11 is 0. The third-order valence-corrected chi connectivity index (χ3v) is 3.24. The summed E-state index contributed by atoms with van der Waals surface area (Å²) in [5.74, 6) is 0. The number of rotatable bonds is 6. The van der Waals surface area contributed by atoms with E-state index < -0.39 is 0 Å². The maximum atomic E-state index is 9.69. The largest absolute Gasteiger partial charge is 0.392 e. The lowest BCUT2D eigenvalue weighted by molar-refractivity contribution is 0.108. The van der Waals surface area contributed by atoms with E-state index in [2.05, 4.69) is 24.4 Å². The molecule has 0 spiro atoms. The normalized spacial score (nSPS) is 34.9. The lowest BCUT2D eigenvalue weighted by Crippen LogP contribution is -2.40. The number of hydrogen-bond acceptors (Lipinski definition) is 3. The summed E-state index contributed by atoms with van der Waals surface area (Å²) in [5.41, 5.74) is 0. The van der Waals surface area contributed by atoms with Crippen molar-refractivity contribution in [3.05, 3.63) is 12.2 Å². The Morgan fingerprint density at radius 3 is 3.00 bits per heavy atom. The van der Waals surface area contributed by atoms with Crippen LogP contribution < -0.4 is 5.32 Å². The Bertz CT molecular complexity index is 230. The van der Waals surface area contributed by atoms with Gasteiger partial charge in [0.15, 0.2) is 0 Å². The van der Waals surface area contributed by atoms with Crippen molar-refractivity contribution in [3.63, 3.8) is 0 Å². The van der Waals surface area contributed by atoms with Gasteiger partial charge in [-0.1, -0.05) is 31.9 Å². The fraction of sp³-hybridized carbons (Fsp3) is 0.833. The topological polar surface area (TPSA) is 41.5 Å². The zero-order valence-corrected chi connectivity index (χ0v) is 9.36. The first-order valence-electron chi connectivity index (χ1n) is 6.05. The molecular formula is C12H21NO2. The maximum absolute atomic E-state index is 9.69. The van der Waals surface area contributed by atoms with Gasteiger partial charge in [0.05, 0.1) is 18.3 Å². The van der Waals surface area contributed by atoms with Crippen LogP contribution >= 0.6 is 0 Å². The summed E-state index contributed by atoms with van der Waals surface area (Å²) in [4.78, 5) is 0. The molecule has 86 valence electrons. The smallest absolute Gasteiger partial charge is 0.0918 e. The Labute approximate surface area is 91.5 Å². The van der Waals surface area contributed by atoms with Crippen LogP contribution in [0.1, 0.15) is 32.6 Å². The highest BCUT2D eigenvalue weighted by Gasteiger charge is 2.36. The first-order chi connectivity index (χ1) is 7.29. The molecule has 2 aliphatic rings. The molecule has 2 heterocycles. The van der Waals surface area contributed by atoms with E-state index in [0.717, 1.165) is 25.7 Å². The minimum Gasteiger partial charge on any atom is -0.392 e. The van der Waals surface area contributed by atoms with Gasteiger partial charge in [-0.3, -0.25) is 0 Å². The van der Waals surface area contributed by atoms with E-state index >= 15 is 0 Å². The fourth-order valence-corrected chi connectivity index (χ4v) is 2.30. The van der Waals surface area contributed by atoms with Crippen molar-refractivity contribution in [3.8, 4) is 0 Å². The number of aliphatic hydroxyl groups excluding tert-OH is 1. The molecule has 4 atom stereocenters. The molecule has 3 nitrogen and oxygen atoms in total. The number of hydrogen-bond donors (Lipinski definition) is 2. The minimum absolute atomic E-state index is 0.201. The van der Waals surface area contributed by atoms with Crippen molar-refractivity contribution in [2.24, 2.45) is 0 Å². The van der Waals surface area contributed by atoms with Crippen molar-refractivity contribution in [2.45, 2.75) is 57.0 Å². The zero-order chi connectivity index (χ0) is 10.7. The monoisotopic (exact) mass is 211 g/mol. The van der Waals surface area contributed by atoms with Crippen molar-refractivity contribution in [1.82, 2.24) is 5.32 Å². The molecule has 0 aromatic rings. The summed E-state index contributed by atoms with van der Waals surface area (Å²) in [6.07, 6.45) is 8.85. The van der Waals surface area contributed by atoms with E-state index in [1.165, 1.54) is 0 Å². The summed E-state index contributed by atoms with van der Waals surface area (Å²) in [6, 6.07) is 0.413. The molecule has 2 rings (SSSR count). The third-order valence-electron chi connectivity index (χ3n) is 3.24. The standard InChI is InChI=1S/C12H21NO2/c1-2-3-4-9(14)8-13-11-7-10-5-6-12(11)15-10/h5-6,9-14H,2-4,7-8H2,1H3. The van der Waals surface area contributed by atoms with E-state index in [0.29, 0.717) is 18.7 Å². The fourth-order valence-electron chi connectivity index (χ4n) is 2.30. The van der Waals surface area contributed by atoms with Crippen LogP contribution in [0, 0.1) is 0 Å². The molecule has 2 aliphatic heterocycles. The van der Waals surface area contributed by atoms with E-state index in [9.17, 15) is 5.11 Å². The highest BCUT2D eigenvalue weighted by Crippen LogP contribution is 2.28. The second kappa shape index (κ2) is 5.10. The van der Waals surface area contributed by atoms with Crippen LogP contribution in [-0.2, 0) is 4.74 Å². The van der Waals surface area contributed by atoms with Gasteiger partial charge in [-0.2, -0.15) is 0 Å². The predicted molar refractivity (Wildman–Crippen MR) is 59.7 cm³/mol. The molecule has 0 aromatic heterocycles. The van der Waals surface area contributed by atoms with Crippen molar-refractivity contribution < 1.29 is 9.84 Å². The van der Waals surface area contributed by atoms with Crippen LogP contribution in [-0.4, -0.2) is 36.0 Å². The first-order valence-corrected chi connectivity index (χ1v) is 6.05. The number of unbranched alkanes of at least 4 members (excludes halogenated alkanes) is 1. The Morgan fingerprint density at radius 2 is 2.40 bits per heavy atom. The first kappa shape index (κ1) is 11.1. The van der Waals surface area contributed by atoms with Crippen LogP contribution in [0.5, 0.6) is 0 Å². The van der Waals surface area contributed by atoms with Crippen molar-refractivity contribution in [2.75, 3.05) is 6.54 Å². The minimum atomic E-state index is -0.201. The lowest BCUT2D eigenvalue weighted by atomic mass is 10.0. The quantitative estimate of drug-likeness (QED) is 0.649. The third kappa shape index (κ3) is 2.80. The number of nitrogens with one attached hydrogen (secondary N) is 1. The predicted octanol–water partition coefficient (Wildman–Crippen LogP) is 1.22. The van der Waals surface area contributed by atoms with Gasteiger partial charge in [-0.05, 0) is 12.8 Å². The molecule has 3 heteroatoms. The van der Waals surface area contributed by atoms with Crippen LogP contribution in [0.15, 0.2) is 12.2 Å². The van der Waals surface area contributed by atoms with Crippen molar-refractivity contribution >= 4 is 0 Å². The van der Waals surface area contributed by atoms with Crippen LogP contribution in [0.25, 0.3) is 0 Å². The van der Waals surface area contributed by atoms with E-state index in [1.807, 2.05) is 0 Å². The summed E-state index contributed by atoms with van der Waals surface area (Å²) < 4.78 is 5.64. The zero-order valence-electron chi connectivity index (χ0n) is 9.36. The second-order valence-corrected chi connectivity index (χ2v) is 4.57. The van der Waals surface area contributed by atoms with E-state index in [-0.39, 0.29) is 12.2 Å². The highest BCUT2D eigenvalue weighted by molar-refractivity contribution is 5.13. The summed E-state index contributed by atoms with van der Waals surface area (Å²) in [5, 5.41) is 13.1. The molecule has 0 aliphatic carbocycles. The Balaban J connectivity index is 1.64. The molecule has 15 heavy (non-hydrogen) atoms. The Morgan fingerprint density at radius 1 is 1.53 bits per heavy atom. The average molecular weight is 211 g/mol. The molecule has 2 bridgehead atoms. The van der Waals surface area contributed by atoms with Crippen LogP contribution in [0.2, 0.25) is 0 Å². The summed E-state index contributed by atoms with van der Waals surface area (Å²) in [6.45, 7) is 2.85. The molecule has 0 amide bonds. The molecule has 4 unspecified atom stereocenters. The van der Waals surface area contributed by atoms with Gasteiger partial charge in [-0.25, -0.2) is 0 Å². The van der Waals surface area contributed by atoms with Crippen LogP contribution in [0.4, 0.5) is 0 Å². The lowest BCUT2D eigenvalue weighted by Gasteiger charge is -2.19. The number of ether oxygens (including phenoxy) is 1. The molecule has 0 aromatic carbocycles. The number of fused-ring (bicyclic) bond motifs is 2. The van der Waals surface area contributed by atoms with Gasteiger partial charge in [0.1, 0.15) is 0 Å². The Kier molecular flexibility index (Phi) is 3.78. The van der Waals surface area contributed by atoms with Gasteiger partial charge in [0.2, 0.25) is 0 Å². The molecule has 0 saturated carbocycles. The molecule has 2 N–H and O–H groups in total. The second-order valence-electron chi connectivity index (χ2n) is 4.57. The molecule has 0 radical (unpaired) electrons. The van der Waals surface area contributed by atoms with E-state index in [4.69, 9.17) is 4.74 Å². The maximum Gasteiger partial charge on any atom is 0.0918 e. The molecular weight excluding hydrogens is 190 g/mol. The van der Waals surface area contributed by atoms with E-state index in [1.54, 1.807) is 0 Å². The Hall–Kier alpha value is -0.380. The van der Waals surface area contributed by atoms with Gasteiger partial charge in [-0.15, -0.1) is 0 Å². The van der Waals surface area contributed by atoms with Gasteiger partial charge >= 0.3 is 0 Å². The summed E-state index contributed by atoms with van der Waals surface area (Å²) in [7, 11) is 0. The van der Waals surface area contributed by atoms with Gasteiger partial charge < -0.3 is 15.2 Å². The number of aliphatic hydroxyl groups is 1. The van der Waals surface area contributed by atoms with Crippen molar-refractivity contribution in [1.29, 1.82) is 0 Å².